The molecule has 18 heteroatoms. The number of benzene rings is 4. The van der Waals surface area contributed by atoms with Gasteiger partial charge in [0.15, 0.2) is 35.2 Å². The van der Waals surface area contributed by atoms with Crippen molar-refractivity contribution in [2.24, 2.45) is 0 Å². The monoisotopic (exact) mass is 938 g/mol. The van der Waals surface area contributed by atoms with Gasteiger partial charge in [-0.05, 0) is 111 Å². The number of unbranched alkanes of at least 4 members (excludes halogenated alkanes) is 2. The van der Waals surface area contributed by atoms with Gasteiger partial charge in [-0.15, -0.1) is 0 Å². The predicted octanol–water partition coefficient (Wildman–Crippen LogP) is 6.47. The molecule has 0 spiro atoms. The van der Waals surface area contributed by atoms with E-state index in [0.29, 0.717) is 50.4 Å². The van der Waals surface area contributed by atoms with Crippen LogP contribution in [-0.2, 0) is 38.0 Å². The fourth-order valence-electron chi connectivity index (χ4n) is 6.74. The molecule has 2 heterocycles. The first-order valence-corrected chi connectivity index (χ1v) is 21.5. The maximum absolute atomic E-state index is 13.3. The summed E-state index contributed by atoms with van der Waals surface area (Å²) in [5.74, 6) is -2.31. The van der Waals surface area contributed by atoms with E-state index in [2.05, 4.69) is 13.2 Å². The van der Waals surface area contributed by atoms with Gasteiger partial charge < -0.3 is 56.8 Å². The number of rotatable bonds is 24. The minimum absolute atomic E-state index is 0.0285. The van der Waals surface area contributed by atoms with E-state index in [1.165, 1.54) is 50.6 Å². The normalized spacial score (nSPS) is 16.8. The zero-order chi connectivity index (χ0) is 48.4. The molecule has 0 aromatic heterocycles. The first kappa shape index (κ1) is 49.7. The van der Waals surface area contributed by atoms with Crippen molar-refractivity contribution in [3.8, 4) is 34.5 Å². The lowest BCUT2D eigenvalue weighted by atomic mass is 10.1. The topological polar surface area (TPSA) is 213 Å². The zero-order valence-electron chi connectivity index (χ0n) is 37.4. The van der Waals surface area contributed by atoms with Crippen LogP contribution >= 0.6 is 0 Å². The number of hydrogen-bond donors (Lipinski definition) is 0. The number of hydrogen-bond acceptors (Lipinski definition) is 18. The smallest absolute Gasteiger partial charge is 0.343 e. The van der Waals surface area contributed by atoms with Gasteiger partial charge in [0.25, 0.3) is 0 Å². The highest BCUT2D eigenvalue weighted by Gasteiger charge is 2.51. The Bertz CT molecular complexity index is 2260. The van der Waals surface area contributed by atoms with Gasteiger partial charge in [0, 0.05) is 12.2 Å². The van der Waals surface area contributed by atoms with Crippen LogP contribution in [0.1, 0.15) is 67.1 Å². The van der Waals surface area contributed by atoms with Crippen molar-refractivity contribution in [2.75, 3.05) is 53.9 Å². The second-order valence-corrected chi connectivity index (χ2v) is 14.9. The molecule has 0 unspecified atom stereocenters. The van der Waals surface area contributed by atoms with Gasteiger partial charge in [0.2, 0.25) is 0 Å². The molecule has 0 aliphatic carbocycles. The molecule has 4 aromatic carbocycles. The maximum Gasteiger partial charge on any atom is 0.343 e. The summed E-state index contributed by atoms with van der Waals surface area (Å²) in [6.45, 7) is 7.93. The molecule has 2 aliphatic heterocycles. The van der Waals surface area contributed by atoms with E-state index in [1.807, 2.05) is 0 Å². The lowest BCUT2D eigenvalue weighted by molar-refractivity contribution is -0.138. The van der Waals surface area contributed by atoms with Gasteiger partial charge in [0.05, 0.1) is 76.1 Å². The van der Waals surface area contributed by atoms with E-state index in [0.717, 1.165) is 12.2 Å². The third-order valence-electron chi connectivity index (χ3n) is 10.3. The van der Waals surface area contributed by atoms with Crippen molar-refractivity contribution in [3.63, 3.8) is 0 Å². The Morgan fingerprint density at radius 1 is 0.500 bits per heavy atom. The molecule has 0 saturated carbocycles. The summed E-state index contributed by atoms with van der Waals surface area (Å²) in [6.07, 6.45) is 1.61. The lowest BCUT2D eigenvalue weighted by Crippen LogP contribution is -2.36. The van der Waals surface area contributed by atoms with E-state index in [4.69, 9.17) is 56.8 Å². The van der Waals surface area contributed by atoms with Crippen molar-refractivity contribution in [3.05, 3.63) is 132 Å². The number of fused-ring (bicyclic) bond motifs is 1. The molecule has 0 radical (unpaired) electrons. The lowest BCUT2D eigenvalue weighted by Gasteiger charge is -2.18. The molecule has 18 nitrogen and oxygen atoms in total. The van der Waals surface area contributed by atoms with Crippen LogP contribution < -0.4 is 28.4 Å². The van der Waals surface area contributed by atoms with E-state index < -0.39 is 60.2 Å². The van der Waals surface area contributed by atoms with E-state index in [9.17, 15) is 28.8 Å². The summed E-state index contributed by atoms with van der Waals surface area (Å²) in [6, 6.07) is 21.1. The zero-order valence-corrected chi connectivity index (χ0v) is 37.4. The standard InChI is InChI=1S/C50H50O18/c1-5-43(51)61-25-9-7-23-59-35-17-11-31(12-18-35)47(53)65-37-21-15-33(27-39(37)57-3)49(55)67-41-29-63-46-42(30-64-45(41)46)68-50(56)34-16-22-38(40(28-34)58-4)66-48(54)32-13-19-36(20-14-32)60-24-8-10-26-62-44(52)6-2/h5-6,11-22,27-28,41-42,45-46H,1-2,7-10,23-26,29-30H2,3-4H3/t41-,42+,45-,46-/m1/s1. The van der Waals surface area contributed by atoms with Crippen LogP contribution in [0.5, 0.6) is 34.5 Å². The Morgan fingerprint density at radius 3 is 1.24 bits per heavy atom. The summed E-state index contributed by atoms with van der Waals surface area (Å²) in [5.41, 5.74) is 0.698. The fraction of sp³-hybridized carbons (Fsp3) is 0.320. The summed E-state index contributed by atoms with van der Waals surface area (Å²) >= 11 is 0. The third kappa shape index (κ3) is 13.7. The van der Waals surface area contributed by atoms with Crippen molar-refractivity contribution in [1.29, 1.82) is 0 Å². The second-order valence-electron chi connectivity index (χ2n) is 14.9. The Morgan fingerprint density at radius 2 is 0.868 bits per heavy atom. The number of ether oxygens (including phenoxy) is 12. The molecule has 6 rings (SSSR count). The van der Waals surface area contributed by atoms with Crippen LogP contribution in [0.2, 0.25) is 0 Å². The quantitative estimate of drug-likeness (QED) is 0.0242. The highest BCUT2D eigenvalue weighted by atomic mass is 16.7. The SMILES string of the molecule is C=CC(=O)OCCCCOc1ccc(C(=O)Oc2ccc(C(=O)O[C@H]3CO[C@H]4[C@@H]3OC[C@H]4OC(=O)c3ccc(OC(=O)c4ccc(OCCCCOC(=O)C=C)cc4)c(OC)c3)cc2OC)cc1. The summed E-state index contributed by atoms with van der Waals surface area (Å²) < 4.78 is 66.5. The van der Waals surface area contributed by atoms with E-state index in [-0.39, 0.29) is 71.7 Å². The molecule has 68 heavy (non-hydrogen) atoms. The molecular weight excluding hydrogens is 889 g/mol. The first-order chi connectivity index (χ1) is 33.0. The Labute approximate surface area is 391 Å². The molecule has 4 aromatic rings. The van der Waals surface area contributed by atoms with Crippen LogP contribution in [-0.4, -0.2) is 114 Å². The molecule has 358 valence electrons. The number of esters is 6. The van der Waals surface area contributed by atoms with E-state index >= 15 is 0 Å². The number of carbonyl (C=O) groups excluding carboxylic acids is 6. The minimum Gasteiger partial charge on any atom is -0.494 e. The number of methoxy groups -OCH3 is 2. The van der Waals surface area contributed by atoms with Crippen molar-refractivity contribution < 1.29 is 85.6 Å². The molecule has 0 amide bonds. The molecule has 0 N–H and O–H groups in total. The first-order valence-electron chi connectivity index (χ1n) is 21.5. The Hall–Kier alpha value is -7.70. The largest absolute Gasteiger partial charge is 0.494 e. The molecule has 2 fully saturated rings. The molecule has 2 aliphatic rings. The van der Waals surface area contributed by atoms with Gasteiger partial charge in [-0.1, -0.05) is 13.2 Å². The minimum atomic E-state index is -0.835. The van der Waals surface area contributed by atoms with Gasteiger partial charge >= 0.3 is 35.8 Å². The maximum atomic E-state index is 13.3. The van der Waals surface area contributed by atoms with Crippen LogP contribution in [0.4, 0.5) is 0 Å². The van der Waals surface area contributed by atoms with Crippen molar-refractivity contribution in [2.45, 2.75) is 50.1 Å². The van der Waals surface area contributed by atoms with Crippen molar-refractivity contribution in [1.82, 2.24) is 0 Å². The average molecular weight is 939 g/mol. The highest BCUT2D eigenvalue weighted by Crippen LogP contribution is 2.35. The molecular formula is C50H50O18. The van der Waals surface area contributed by atoms with Gasteiger partial charge in [-0.3, -0.25) is 0 Å². The predicted molar refractivity (Wildman–Crippen MR) is 238 cm³/mol. The third-order valence-corrected chi connectivity index (χ3v) is 10.3. The van der Waals surface area contributed by atoms with E-state index in [1.54, 1.807) is 48.5 Å². The molecule has 0 bridgehead atoms. The van der Waals surface area contributed by atoms with Crippen molar-refractivity contribution >= 4 is 35.8 Å². The Kier molecular flexibility index (Phi) is 18.1. The van der Waals surface area contributed by atoms with Gasteiger partial charge in [0.1, 0.15) is 23.7 Å². The summed E-state index contributed by atoms with van der Waals surface area (Å²) in [4.78, 5) is 74.8. The highest BCUT2D eigenvalue weighted by molar-refractivity contribution is 5.94. The second kappa shape index (κ2) is 24.7. The Balaban J connectivity index is 0.946. The molecule has 2 saturated heterocycles. The van der Waals surface area contributed by atoms with Crippen LogP contribution in [0.25, 0.3) is 0 Å². The molecule has 4 atom stereocenters. The van der Waals surface area contributed by atoms with Crippen LogP contribution in [0.15, 0.2) is 110 Å². The van der Waals surface area contributed by atoms with Gasteiger partial charge in [-0.25, -0.2) is 28.8 Å². The average Bonchev–Trinajstić information content (AvgIpc) is 3.96. The fourth-order valence-corrected chi connectivity index (χ4v) is 6.74. The van der Waals surface area contributed by atoms with Crippen LogP contribution in [0.3, 0.4) is 0 Å². The summed E-state index contributed by atoms with van der Waals surface area (Å²) in [7, 11) is 2.72. The van der Waals surface area contributed by atoms with Crippen LogP contribution in [0, 0.1) is 0 Å². The summed E-state index contributed by atoms with van der Waals surface area (Å²) in [5, 5.41) is 0. The number of carbonyl (C=O) groups is 6. The van der Waals surface area contributed by atoms with Gasteiger partial charge in [-0.2, -0.15) is 0 Å².